The summed E-state index contributed by atoms with van der Waals surface area (Å²) in [6.07, 6.45) is 2.53. The Morgan fingerprint density at radius 1 is 1.35 bits per heavy atom. The SMILES string of the molecule is CN(C)C1CCN(S(=O)(=O)c2ccc(CCN)s2)CC1. The van der Waals surface area contributed by atoms with Crippen LogP contribution >= 0.6 is 11.3 Å². The van der Waals surface area contributed by atoms with Gasteiger partial charge < -0.3 is 10.6 Å². The van der Waals surface area contributed by atoms with Gasteiger partial charge >= 0.3 is 0 Å². The molecular weight excluding hydrogens is 294 g/mol. The van der Waals surface area contributed by atoms with Gasteiger partial charge in [0.25, 0.3) is 10.0 Å². The van der Waals surface area contributed by atoms with E-state index in [0.29, 0.717) is 29.9 Å². The number of piperidine rings is 1. The molecule has 0 aliphatic carbocycles. The monoisotopic (exact) mass is 317 g/mol. The van der Waals surface area contributed by atoms with Crippen molar-refractivity contribution >= 4 is 21.4 Å². The molecule has 1 aliphatic rings. The highest BCUT2D eigenvalue weighted by molar-refractivity contribution is 7.91. The summed E-state index contributed by atoms with van der Waals surface area (Å²) in [7, 11) is 0.781. The Bertz CT molecular complexity index is 532. The standard InChI is InChI=1S/C13H23N3O2S2/c1-15(2)11-6-9-16(10-7-11)20(17,18)13-4-3-12(19-13)5-8-14/h3-4,11H,5-10,14H2,1-2H3. The van der Waals surface area contributed by atoms with Gasteiger partial charge in [-0.3, -0.25) is 0 Å². The minimum atomic E-state index is -3.32. The lowest BCUT2D eigenvalue weighted by molar-refractivity contribution is 0.197. The van der Waals surface area contributed by atoms with E-state index in [1.54, 1.807) is 10.4 Å². The molecule has 5 nitrogen and oxygen atoms in total. The van der Waals surface area contributed by atoms with Gasteiger partial charge in [0.15, 0.2) is 0 Å². The van der Waals surface area contributed by atoms with Gasteiger partial charge in [-0.1, -0.05) is 0 Å². The van der Waals surface area contributed by atoms with Gasteiger partial charge in [-0.15, -0.1) is 11.3 Å². The van der Waals surface area contributed by atoms with Gasteiger partial charge in [-0.2, -0.15) is 4.31 Å². The van der Waals surface area contributed by atoms with Crippen LogP contribution in [-0.2, 0) is 16.4 Å². The summed E-state index contributed by atoms with van der Waals surface area (Å²) >= 11 is 1.35. The molecule has 20 heavy (non-hydrogen) atoms. The molecule has 2 N–H and O–H groups in total. The van der Waals surface area contributed by atoms with Gasteiger partial charge in [-0.25, -0.2) is 8.42 Å². The van der Waals surface area contributed by atoms with Crippen molar-refractivity contribution in [3.8, 4) is 0 Å². The van der Waals surface area contributed by atoms with Crippen LogP contribution in [-0.4, -0.2) is 57.4 Å². The van der Waals surface area contributed by atoms with Crippen molar-refractivity contribution in [3.63, 3.8) is 0 Å². The summed E-state index contributed by atoms with van der Waals surface area (Å²) in [5.74, 6) is 0. The first-order valence-corrected chi connectivity index (χ1v) is 9.16. The number of nitrogens with zero attached hydrogens (tertiary/aromatic N) is 2. The lowest BCUT2D eigenvalue weighted by atomic mass is 10.1. The van der Waals surface area contributed by atoms with Gasteiger partial charge in [0.05, 0.1) is 0 Å². The van der Waals surface area contributed by atoms with Crippen LogP contribution in [0, 0.1) is 0 Å². The van der Waals surface area contributed by atoms with E-state index in [-0.39, 0.29) is 0 Å². The molecular formula is C13H23N3O2S2. The fourth-order valence-electron chi connectivity index (χ4n) is 2.50. The Hall–Kier alpha value is -0.470. The third-order valence-corrected chi connectivity index (χ3v) is 7.29. The van der Waals surface area contributed by atoms with Crippen molar-refractivity contribution in [1.82, 2.24) is 9.21 Å². The summed E-state index contributed by atoms with van der Waals surface area (Å²) in [6, 6.07) is 4.07. The minimum absolute atomic E-state index is 0.448. The molecule has 2 rings (SSSR count). The van der Waals surface area contributed by atoms with E-state index in [2.05, 4.69) is 4.90 Å². The zero-order valence-electron chi connectivity index (χ0n) is 12.1. The van der Waals surface area contributed by atoms with Crippen molar-refractivity contribution in [2.24, 2.45) is 5.73 Å². The lowest BCUT2D eigenvalue weighted by Crippen LogP contribution is -2.44. The zero-order chi connectivity index (χ0) is 14.8. The average Bonchev–Trinajstić information content (AvgIpc) is 2.88. The highest BCUT2D eigenvalue weighted by atomic mass is 32.2. The molecule has 0 radical (unpaired) electrons. The summed E-state index contributed by atoms with van der Waals surface area (Å²) < 4.78 is 27.2. The smallest absolute Gasteiger partial charge is 0.252 e. The van der Waals surface area contributed by atoms with Crippen molar-refractivity contribution in [2.75, 3.05) is 33.7 Å². The maximum absolute atomic E-state index is 12.6. The summed E-state index contributed by atoms with van der Waals surface area (Å²) in [4.78, 5) is 3.21. The van der Waals surface area contributed by atoms with Crippen LogP contribution in [0.25, 0.3) is 0 Å². The second-order valence-corrected chi connectivity index (χ2v) is 8.69. The topological polar surface area (TPSA) is 66.6 Å². The van der Waals surface area contributed by atoms with Crippen LogP contribution < -0.4 is 5.73 Å². The Kier molecular flexibility index (Phi) is 5.19. The molecule has 2 heterocycles. The number of sulfonamides is 1. The summed E-state index contributed by atoms with van der Waals surface area (Å²) in [5, 5.41) is 0. The Labute approximate surface area is 125 Å². The number of hydrogen-bond donors (Lipinski definition) is 1. The van der Waals surface area contributed by atoms with E-state index in [1.807, 2.05) is 20.2 Å². The Morgan fingerprint density at radius 3 is 2.55 bits per heavy atom. The summed E-state index contributed by atoms with van der Waals surface area (Å²) in [5.41, 5.74) is 5.51. The zero-order valence-corrected chi connectivity index (χ0v) is 13.7. The molecule has 7 heteroatoms. The molecule has 1 saturated heterocycles. The van der Waals surface area contributed by atoms with E-state index in [4.69, 9.17) is 5.73 Å². The maximum Gasteiger partial charge on any atom is 0.252 e. The maximum atomic E-state index is 12.6. The molecule has 1 aromatic rings. The average molecular weight is 317 g/mol. The van der Waals surface area contributed by atoms with E-state index in [0.717, 1.165) is 24.1 Å². The van der Waals surface area contributed by atoms with E-state index >= 15 is 0 Å². The number of rotatable bonds is 5. The van der Waals surface area contributed by atoms with Crippen molar-refractivity contribution in [1.29, 1.82) is 0 Å². The van der Waals surface area contributed by atoms with E-state index < -0.39 is 10.0 Å². The predicted molar refractivity (Wildman–Crippen MR) is 82.5 cm³/mol. The fourth-order valence-corrected chi connectivity index (χ4v) is 5.49. The Morgan fingerprint density at radius 2 is 2.00 bits per heavy atom. The van der Waals surface area contributed by atoms with E-state index in [1.165, 1.54) is 11.3 Å². The molecule has 0 spiro atoms. The van der Waals surface area contributed by atoms with Crippen LogP contribution in [0.3, 0.4) is 0 Å². The summed E-state index contributed by atoms with van der Waals surface area (Å²) in [6.45, 7) is 1.76. The first kappa shape index (κ1) is 15.9. The number of nitrogens with two attached hydrogens (primary N) is 1. The number of hydrogen-bond acceptors (Lipinski definition) is 5. The normalized spacial score (nSPS) is 18.8. The van der Waals surface area contributed by atoms with Crippen LogP contribution in [0.1, 0.15) is 17.7 Å². The molecule has 0 bridgehead atoms. The molecule has 0 amide bonds. The molecule has 1 aromatic heterocycles. The van der Waals surface area contributed by atoms with Crippen LogP contribution in [0.4, 0.5) is 0 Å². The molecule has 0 saturated carbocycles. The third kappa shape index (κ3) is 3.40. The largest absolute Gasteiger partial charge is 0.330 e. The van der Waals surface area contributed by atoms with Crippen LogP contribution in [0.5, 0.6) is 0 Å². The minimum Gasteiger partial charge on any atom is -0.330 e. The van der Waals surface area contributed by atoms with Gasteiger partial charge in [0, 0.05) is 24.0 Å². The predicted octanol–water partition coefficient (Wildman–Crippen LogP) is 0.964. The first-order valence-electron chi connectivity index (χ1n) is 6.90. The molecule has 0 aromatic carbocycles. The second kappa shape index (κ2) is 6.53. The molecule has 0 atom stereocenters. The first-order chi connectivity index (χ1) is 9.45. The van der Waals surface area contributed by atoms with Crippen molar-refractivity contribution in [3.05, 3.63) is 17.0 Å². The van der Waals surface area contributed by atoms with Gasteiger partial charge in [-0.05, 0) is 52.0 Å². The quantitative estimate of drug-likeness (QED) is 0.878. The van der Waals surface area contributed by atoms with Crippen LogP contribution in [0.2, 0.25) is 0 Å². The highest BCUT2D eigenvalue weighted by Crippen LogP contribution is 2.27. The second-order valence-electron chi connectivity index (χ2n) is 5.36. The fraction of sp³-hybridized carbons (Fsp3) is 0.692. The molecule has 1 fully saturated rings. The van der Waals surface area contributed by atoms with Crippen LogP contribution in [0.15, 0.2) is 16.3 Å². The number of thiophene rings is 1. The van der Waals surface area contributed by atoms with Crippen molar-refractivity contribution < 1.29 is 8.42 Å². The molecule has 1 aliphatic heterocycles. The highest BCUT2D eigenvalue weighted by Gasteiger charge is 2.30. The Balaban J connectivity index is 2.07. The van der Waals surface area contributed by atoms with Gasteiger partial charge in [0.2, 0.25) is 0 Å². The van der Waals surface area contributed by atoms with Gasteiger partial charge in [0.1, 0.15) is 4.21 Å². The van der Waals surface area contributed by atoms with E-state index in [9.17, 15) is 8.42 Å². The third-order valence-electron chi connectivity index (χ3n) is 3.78. The molecule has 114 valence electrons. The molecule has 0 unspecified atom stereocenters. The van der Waals surface area contributed by atoms with Crippen molar-refractivity contribution in [2.45, 2.75) is 29.5 Å². The lowest BCUT2D eigenvalue weighted by Gasteiger charge is -2.34.